The highest BCUT2D eigenvalue weighted by Crippen LogP contribution is 2.30. The topological polar surface area (TPSA) is 69.6 Å². The lowest BCUT2D eigenvalue weighted by Gasteiger charge is -2.23. The van der Waals surface area contributed by atoms with E-state index in [2.05, 4.69) is 5.43 Å². The van der Waals surface area contributed by atoms with Crippen molar-refractivity contribution in [3.8, 4) is 0 Å². The minimum atomic E-state index is -1.21. The van der Waals surface area contributed by atoms with Gasteiger partial charge in [0.15, 0.2) is 0 Å². The van der Waals surface area contributed by atoms with Crippen LogP contribution >= 0.6 is 0 Å². The molecule has 1 aliphatic heterocycles. The average molecular weight is 220 g/mol. The molecule has 0 aliphatic carbocycles. The van der Waals surface area contributed by atoms with Gasteiger partial charge in [-0.1, -0.05) is 30.3 Å². The molecule has 1 fully saturated rings. The van der Waals surface area contributed by atoms with Crippen molar-refractivity contribution in [1.29, 1.82) is 0 Å². The summed E-state index contributed by atoms with van der Waals surface area (Å²) in [5, 5.41) is 9.84. The average Bonchev–Trinajstić information content (AvgIpc) is 2.61. The summed E-state index contributed by atoms with van der Waals surface area (Å²) in [7, 11) is 0. The first-order valence-corrected chi connectivity index (χ1v) is 5.05. The van der Waals surface area contributed by atoms with Crippen LogP contribution in [0.1, 0.15) is 24.4 Å². The van der Waals surface area contributed by atoms with Crippen LogP contribution in [0.4, 0.5) is 4.79 Å². The number of hydrogen-bond acceptors (Lipinski definition) is 2. The van der Waals surface area contributed by atoms with Crippen LogP contribution in [-0.2, 0) is 4.79 Å². The second kappa shape index (κ2) is 4.22. The Balaban J connectivity index is 2.21. The van der Waals surface area contributed by atoms with Crippen LogP contribution < -0.4 is 5.43 Å². The van der Waals surface area contributed by atoms with Gasteiger partial charge in [0, 0.05) is 6.42 Å². The van der Waals surface area contributed by atoms with Crippen molar-refractivity contribution in [2.75, 3.05) is 0 Å². The van der Waals surface area contributed by atoms with Crippen molar-refractivity contribution in [3.05, 3.63) is 35.9 Å². The SMILES string of the molecule is O=C(O)NN1C(=O)CCC1c1ccccc1. The molecule has 2 amide bonds. The van der Waals surface area contributed by atoms with E-state index in [1.54, 1.807) is 0 Å². The van der Waals surface area contributed by atoms with Gasteiger partial charge in [-0.15, -0.1) is 0 Å². The van der Waals surface area contributed by atoms with Crippen molar-refractivity contribution < 1.29 is 14.7 Å². The molecule has 1 atom stereocenters. The second-order valence-electron chi connectivity index (χ2n) is 3.65. The third-order valence-electron chi connectivity index (χ3n) is 2.61. The Bertz CT molecular complexity index is 405. The molecule has 1 saturated heterocycles. The largest absolute Gasteiger partial charge is 0.464 e. The molecule has 1 aromatic carbocycles. The molecule has 1 heterocycles. The first kappa shape index (κ1) is 10.5. The van der Waals surface area contributed by atoms with Crippen molar-refractivity contribution >= 4 is 12.0 Å². The summed E-state index contributed by atoms with van der Waals surface area (Å²) < 4.78 is 0. The summed E-state index contributed by atoms with van der Waals surface area (Å²) in [6, 6.07) is 9.22. The molecule has 84 valence electrons. The third kappa shape index (κ3) is 1.98. The smallest absolute Gasteiger partial charge is 0.423 e. The Morgan fingerprint density at radius 3 is 2.69 bits per heavy atom. The van der Waals surface area contributed by atoms with Gasteiger partial charge in [-0.2, -0.15) is 0 Å². The molecule has 1 aliphatic rings. The van der Waals surface area contributed by atoms with Gasteiger partial charge in [0.25, 0.3) is 0 Å². The van der Waals surface area contributed by atoms with E-state index in [4.69, 9.17) is 5.11 Å². The quantitative estimate of drug-likeness (QED) is 0.794. The molecule has 1 aromatic rings. The molecule has 2 rings (SSSR count). The molecule has 2 N–H and O–H groups in total. The molecule has 5 nitrogen and oxygen atoms in total. The number of hydrogen-bond donors (Lipinski definition) is 2. The molecule has 0 bridgehead atoms. The summed E-state index contributed by atoms with van der Waals surface area (Å²) in [5.74, 6) is -0.184. The number of nitrogens with zero attached hydrogens (tertiary/aromatic N) is 1. The Hall–Kier alpha value is -2.04. The number of amides is 2. The van der Waals surface area contributed by atoms with Gasteiger partial charge in [0.1, 0.15) is 0 Å². The molecule has 0 radical (unpaired) electrons. The van der Waals surface area contributed by atoms with Gasteiger partial charge in [0.05, 0.1) is 6.04 Å². The highest BCUT2D eigenvalue weighted by atomic mass is 16.4. The predicted molar refractivity (Wildman–Crippen MR) is 56.4 cm³/mol. The molecule has 5 heteroatoms. The zero-order chi connectivity index (χ0) is 11.5. The molecule has 0 saturated carbocycles. The van der Waals surface area contributed by atoms with E-state index in [0.717, 1.165) is 5.56 Å². The lowest BCUT2D eigenvalue weighted by Crippen LogP contribution is -2.43. The number of hydrazine groups is 1. The second-order valence-corrected chi connectivity index (χ2v) is 3.65. The van der Waals surface area contributed by atoms with Gasteiger partial charge in [-0.05, 0) is 12.0 Å². The minimum absolute atomic E-state index is 0.184. The zero-order valence-corrected chi connectivity index (χ0v) is 8.59. The van der Waals surface area contributed by atoms with Gasteiger partial charge in [-0.3, -0.25) is 4.79 Å². The van der Waals surface area contributed by atoms with Crippen LogP contribution in [0.15, 0.2) is 30.3 Å². The van der Waals surface area contributed by atoms with Gasteiger partial charge in [-0.25, -0.2) is 15.2 Å². The fourth-order valence-electron chi connectivity index (χ4n) is 1.92. The van der Waals surface area contributed by atoms with Gasteiger partial charge >= 0.3 is 6.09 Å². The van der Waals surface area contributed by atoms with Gasteiger partial charge < -0.3 is 5.11 Å². The van der Waals surface area contributed by atoms with Crippen molar-refractivity contribution in [2.24, 2.45) is 0 Å². The van der Waals surface area contributed by atoms with Crippen LogP contribution in [0.25, 0.3) is 0 Å². The minimum Gasteiger partial charge on any atom is -0.464 e. The van der Waals surface area contributed by atoms with E-state index in [-0.39, 0.29) is 11.9 Å². The predicted octanol–water partition coefficient (Wildman–Crippen LogP) is 1.53. The highest BCUT2D eigenvalue weighted by Gasteiger charge is 2.33. The Morgan fingerprint density at radius 1 is 1.38 bits per heavy atom. The van der Waals surface area contributed by atoms with Crippen molar-refractivity contribution in [1.82, 2.24) is 10.4 Å². The molecular formula is C11H12N2O3. The summed E-state index contributed by atoms with van der Waals surface area (Å²) >= 11 is 0. The van der Waals surface area contributed by atoms with Gasteiger partial charge in [0.2, 0.25) is 5.91 Å². The Labute approximate surface area is 92.6 Å². The van der Waals surface area contributed by atoms with E-state index in [1.165, 1.54) is 5.01 Å². The van der Waals surface area contributed by atoms with Crippen LogP contribution in [0.3, 0.4) is 0 Å². The van der Waals surface area contributed by atoms with E-state index >= 15 is 0 Å². The number of benzene rings is 1. The fourth-order valence-corrected chi connectivity index (χ4v) is 1.92. The number of carboxylic acid groups (broad SMARTS) is 1. The number of carbonyl (C=O) groups is 2. The molecule has 0 spiro atoms. The maximum absolute atomic E-state index is 11.5. The molecule has 0 aromatic heterocycles. The van der Waals surface area contributed by atoms with Crippen LogP contribution in [-0.4, -0.2) is 22.1 Å². The fraction of sp³-hybridized carbons (Fsp3) is 0.273. The number of carbonyl (C=O) groups excluding carboxylic acids is 1. The third-order valence-corrected chi connectivity index (χ3v) is 2.61. The first-order valence-electron chi connectivity index (χ1n) is 5.05. The highest BCUT2D eigenvalue weighted by molar-refractivity contribution is 5.81. The summed E-state index contributed by atoms with van der Waals surface area (Å²) in [6.07, 6.45) is -0.195. The molecule has 16 heavy (non-hydrogen) atoms. The number of rotatable bonds is 2. The zero-order valence-electron chi connectivity index (χ0n) is 8.59. The number of nitrogens with one attached hydrogen (secondary N) is 1. The molecular weight excluding hydrogens is 208 g/mol. The Kier molecular flexibility index (Phi) is 2.76. The standard InChI is InChI=1S/C11H12N2O3/c14-10-7-6-9(13(10)12-11(15)16)8-4-2-1-3-5-8/h1-5,9,12H,6-7H2,(H,15,16). The Morgan fingerprint density at radius 2 is 2.06 bits per heavy atom. The van der Waals surface area contributed by atoms with E-state index in [0.29, 0.717) is 12.8 Å². The summed E-state index contributed by atoms with van der Waals surface area (Å²) in [6.45, 7) is 0. The van der Waals surface area contributed by atoms with Crippen molar-refractivity contribution in [2.45, 2.75) is 18.9 Å². The van der Waals surface area contributed by atoms with Crippen LogP contribution in [0.5, 0.6) is 0 Å². The molecule has 1 unspecified atom stereocenters. The lowest BCUT2D eigenvalue weighted by molar-refractivity contribution is -0.131. The lowest BCUT2D eigenvalue weighted by atomic mass is 10.1. The normalized spacial score (nSPS) is 19.9. The maximum Gasteiger partial charge on any atom is 0.423 e. The maximum atomic E-state index is 11.5. The van der Waals surface area contributed by atoms with Crippen LogP contribution in [0.2, 0.25) is 0 Å². The van der Waals surface area contributed by atoms with E-state index in [1.807, 2.05) is 30.3 Å². The summed E-state index contributed by atoms with van der Waals surface area (Å²) in [5.41, 5.74) is 3.09. The van der Waals surface area contributed by atoms with Crippen LogP contribution in [0, 0.1) is 0 Å². The summed E-state index contributed by atoms with van der Waals surface area (Å²) in [4.78, 5) is 22.1. The van der Waals surface area contributed by atoms with Crippen molar-refractivity contribution in [3.63, 3.8) is 0 Å². The first-order chi connectivity index (χ1) is 7.68. The van der Waals surface area contributed by atoms with E-state index < -0.39 is 6.09 Å². The monoisotopic (exact) mass is 220 g/mol. The van der Waals surface area contributed by atoms with E-state index in [9.17, 15) is 9.59 Å².